The van der Waals surface area contributed by atoms with Crippen molar-refractivity contribution in [2.45, 2.75) is 32.3 Å². The smallest absolute Gasteiger partial charge is 0.281 e. The Hall–Kier alpha value is -1.60. The molecule has 2 rings (SSSR count). The summed E-state index contributed by atoms with van der Waals surface area (Å²) >= 11 is 5.81. The van der Waals surface area contributed by atoms with Gasteiger partial charge in [0.25, 0.3) is 10.0 Å². The Kier molecular flexibility index (Phi) is 4.01. The molecule has 0 aliphatic heterocycles. The molecule has 0 aliphatic rings. The maximum Gasteiger partial charge on any atom is 0.281 e. The highest BCUT2D eigenvalue weighted by molar-refractivity contribution is 7.92. The second-order valence-electron chi connectivity index (χ2n) is 4.35. The van der Waals surface area contributed by atoms with Crippen molar-refractivity contribution in [2.24, 2.45) is 0 Å². The summed E-state index contributed by atoms with van der Waals surface area (Å²) in [5.74, 6) is 0.651. The van der Waals surface area contributed by atoms with Crippen LogP contribution in [0.15, 0.2) is 23.5 Å². The van der Waals surface area contributed by atoms with E-state index in [1.807, 2.05) is 6.92 Å². The number of sulfonamides is 1. The van der Waals surface area contributed by atoms with Gasteiger partial charge in [-0.3, -0.25) is 4.72 Å². The van der Waals surface area contributed by atoms with E-state index in [9.17, 15) is 8.42 Å². The molecule has 0 spiro atoms. The fourth-order valence-electron chi connectivity index (χ4n) is 1.75. The van der Waals surface area contributed by atoms with Crippen LogP contribution in [-0.4, -0.2) is 23.0 Å². The highest BCUT2D eigenvalue weighted by atomic mass is 35.5. The number of pyridine rings is 1. The van der Waals surface area contributed by atoms with Gasteiger partial charge in [-0.15, -0.1) is 0 Å². The molecule has 6 nitrogen and oxygen atoms in total. The normalized spacial score (nSPS) is 11.6. The van der Waals surface area contributed by atoms with Crippen molar-refractivity contribution in [3.63, 3.8) is 0 Å². The van der Waals surface area contributed by atoms with Gasteiger partial charge in [0, 0.05) is 12.7 Å². The second-order valence-corrected chi connectivity index (χ2v) is 6.34. The molecule has 0 atom stereocenters. The summed E-state index contributed by atoms with van der Waals surface area (Å²) in [5, 5.41) is 0.337. The van der Waals surface area contributed by atoms with E-state index in [1.165, 1.54) is 12.4 Å². The van der Waals surface area contributed by atoms with Crippen LogP contribution in [0, 0.1) is 13.8 Å². The quantitative estimate of drug-likeness (QED) is 0.879. The molecule has 1 N–H and O–H groups in total. The Bertz CT molecular complexity index is 740. The Labute approximate surface area is 122 Å². The van der Waals surface area contributed by atoms with Crippen LogP contribution >= 0.6 is 11.6 Å². The number of aryl methyl sites for hydroxylation is 3. The van der Waals surface area contributed by atoms with Crippen molar-refractivity contribution in [1.29, 1.82) is 0 Å². The molecule has 20 heavy (non-hydrogen) atoms. The van der Waals surface area contributed by atoms with Crippen LogP contribution in [0.3, 0.4) is 0 Å². The first kappa shape index (κ1) is 14.8. The minimum atomic E-state index is -3.72. The molecule has 0 aromatic carbocycles. The molecule has 0 amide bonds. The van der Waals surface area contributed by atoms with E-state index in [0.717, 1.165) is 0 Å². The Morgan fingerprint density at radius 2 is 2.10 bits per heavy atom. The van der Waals surface area contributed by atoms with Gasteiger partial charge in [0.1, 0.15) is 11.0 Å². The van der Waals surface area contributed by atoms with Gasteiger partial charge in [-0.1, -0.05) is 11.6 Å². The van der Waals surface area contributed by atoms with Crippen molar-refractivity contribution >= 4 is 27.3 Å². The van der Waals surface area contributed by atoms with Gasteiger partial charge in [0.05, 0.1) is 11.9 Å². The van der Waals surface area contributed by atoms with Crippen molar-refractivity contribution < 1.29 is 8.42 Å². The lowest BCUT2D eigenvalue weighted by Crippen LogP contribution is -2.13. The third kappa shape index (κ3) is 2.94. The highest BCUT2D eigenvalue weighted by Crippen LogP contribution is 2.19. The Morgan fingerprint density at radius 1 is 1.40 bits per heavy atom. The molecule has 0 bridgehead atoms. The molecule has 0 aliphatic carbocycles. The van der Waals surface area contributed by atoms with Crippen LogP contribution in [0.5, 0.6) is 0 Å². The van der Waals surface area contributed by atoms with E-state index in [4.69, 9.17) is 11.6 Å². The van der Waals surface area contributed by atoms with Crippen molar-refractivity contribution in [1.82, 2.24) is 14.5 Å². The van der Waals surface area contributed by atoms with Gasteiger partial charge >= 0.3 is 0 Å². The minimum absolute atomic E-state index is 0.00977. The number of halogens is 1. The number of rotatable bonds is 4. The van der Waals surface area contributed by atoms with Crippen LogP contribution in [0.4, 0.5) is 5.69 Å². The monoisotopic (exact) mass is 314 g/mol. The summed E-state index contributed by atoms with van der Waals surface area (Å²) < 4.78 is 28.7. The largest absolute Gasteiger partial charge is 0.334 e. The Morgan fingerprint density at radius 3 is 2.65 bits per heavy atom. The van der Waals surface area contributed by atoms with Crippen molar-refractivity contribution in [3.05, 3.63) is 35.0 Å². The molecule has 2 aromatic heterocycles. The van der Waals surface area contributed by atoms with E-state index < -0.39 is 10.0 Å². The molecule has 0 fully saturated rings. The summed E-state index contributed by atoms with van der Waals surface area (Å²) in [6.45, 7) is 6.10. The summed E-state index contributed by atoms with van der Waals surface area (Å²) in [4.78, 5) is 7.96. The molecular formula is C12H15ClN4O2S. The number of hydrogen-bond acceptors (Lipinski definition) is 4. The molecule has 108 valence electrons. The van der Waals surface area contributed by atoms with Crippen LogP contribution in [0.25, 0.3) is 0 Å². The van der Waals surface area contributed by atoms with E-state index in [1.54, 1.807) is 24.5 Å². The number of anilines is 1. The molecular weight excluding hydrogens is 300 g/mol. The van der Waals surface area contributed by atoms with Crippen LogP contribution < -0.4 is 4.72 Å². The lowest BCUT2D eigenvalue weighted by atomic mass is 10.3. The average Bonchev–Trinajstić information content (AvgIpc) is 2.76. The Balaban J connectivity index is 2.32. The van der Waals surface area contributed by atoms with Gasteiger partial charge in [-0.05, 0) is 32.4 Å². The first-order valence-electron chi connectivity index (χ1n) is 6.02. The van der Waals surface area contributed by atoms with Crippen LogP contribution in [0.1, 0.15) is 18.3 Å². The van der Waals surface area contributed by atoms with Crippen LogP contribution in [0.2, 0.25) is 5.15 Å². The first-order valence-corrected chi connectivity index (χ1v) is 7.88. The summed E-state index contributed by atoms with van der Waals surface area (Å²) in [5.41, 5.74) is 1.05. The van der Waals surface area contributed by atoms with E-state index in [2.05, 4.69) is 14.7 Å². The number of hydrogen-bond donors (Lipinski definition) is 1. The van der Waals surface area contributed by atoms with Gasteiger partial charge in [-0.25, -0.2) is 9.97 Å². The third-order valence-electron chi connectivity index (χ3n) is 2.84. The number of nitrogens with zero attached hydrogens (tertiary/aromatic N) is 3. The third-order valence-corrected chi connectivity index (χ3v) is 4.48. The topological polar surface area (TPSA) is 76.9 Å². The molecule has 0 saturated heterocycles. The zero-order chi connectivity index (χ0) is 14.9. The lowest BCUT2D eigenvalue weighted by Gasteiger charge is -2.06. The predicted octanol–water partition coefficient (Wildman–Crippen LogP) is 2.37. The molecule has 8 heteroatoms. The van der Waals surface area contributed by atoms with Crippen molar-refractivity contribution in [2.75, 3.05) is 4.72 Å². The van der Waals surface area contributed by atoms with E-state index in [-0.39, 0.29) is 5.03 Å². The fourth-order valence-corrected chi connectivity index (χ4v) is 2.90. The number of nitrogens with one attached hydrogen (secondary N) is 1. The van der Waals surface area contributed by atoms with E-state index >= 15 is 0 Å². The van der Waals surface area contributed by atoms with Crippen molar-refractivity contribution in [3.8, 4) is 0 Å². The summed E-state index contributed by atoms with van der Waals surface area (Å²) in [6.07, 6.45) is 2.88. The van der Waals surface area contributed by atoms with Gasteiger partial charge in [0.15, 0.2) is 5.03 Å². The fraction of sp³-hybridized carbons (Fsp3) is 0.333. The summed E-state index contributed by atoms with van der Waals surface area (Å²) in [7, 11) is -3.72. The standard InChI is InChI=1S/C12H15ClN4O2S/c1-4-17-7-11(15-9(17)3)20(18,19)16-10-5-8(2)12(13)14-6-10/h5-7,16H,4H2,1-3H3. The number of aromatic nitrogens is 3. The SMILES string of the molecule is CCn1cc(S(=O)(=O)Nc2cnc(Cl)c(C)c2)nc1C. The van der Waals surface area contributed by atoms with Crippen LogP contribution in [-0.2, 0) is 16.6 Å². The average molecular weight is 315 g/mol. The van der Waals surface area contributed by atoms with Gasteiger partial charge < -0.3 is 4.57 Å². The molecule has 2 heterocycles. The molecule has 0 unspecified atom stereocenters. The summed E-state index contributed by atoms with van der Waals surface area (Å²) in [6, 6.07) is 1.62. The minimum Gasteiger partial charge on any atom is -0.334 e. The van der Waals surface area contributed by atoms with Gasteiger partial charge in [-0.2, -0.15) is 8.42 Å². The molecule has 2 aromatic rings. The second kappa shape index (κ2) is 5.41. The molecule has 0 radical (unpaired) electrons. The predicted molar refractivity (Wildman–Crippen MR) is 77.4 cm³/mol. The maximum absolute atomic E-state index is 12.2. The zero-order valence-corrected chi connectivity index (χ0v) is 13.0. The highest BCUT2D eigenvalue weighted by Gasteiger charge is 2.19. The lowest BCUT2D eigenvalue weighted by molar-refractivity contribution is 0.598. The maximum atomic E-state index is 12.2. The molecule has 0 saturated carbocycles. The zero-order valence-electron chi connectivity index (χ0n) is 11.4. The van der Waals surface area contributed by atoms with Gasteiger partial charge in [0.2, 0.25) is 0 Å². The number of imidazole rings is 1. The first-order chi connectivity index (χ1) is 9.33. The van der Waals surface area contributed by atoms with E-state index in [0.29, 0.717) is 28.8 Å².